The summed E-state index contributed by atoms with van der Waals surface area (Å²) in [7, 11) is 0. The summed E-state index contributed by atoms with van der Waals surface area (Å²) in [5, 5.41) is 5.97. The maximum absolute atomic E-state index is 13.5. The highest BCUT2D eigenvalue weighted by Gasteiger charge is 2.34. The number of anilines is 3. The molecule has 0 aliphatic carbocycles. The number of amides is 1. The minimum Gasteiger partial charge on any atom is -0.352 e. The van der Waals surface area contributed by atoms with Crippen LogP contribution >= 0.6 is 11.8 Å². The number of piperidine rings is 1. The molecule has 0 bridgehead atoms. The van der Waals surface area contributed by atoms with Crippen LogP contribution in [-0.4, -0.2) is 37.0 Å². The van der Waals surface area contributed by atoms with Gasteiger partial charge in [0.2, 0.25) is 5.91 Å². The van der Waals surface area contributed by atoms with E-state index in [1.54, 1.807) is 0 Å². The van der Waals surface area contributed by atoms with Gasteiger partial charge in [0.25, 0.3) is 0 Å². The second-order valence-corrected chi connectivity index (χ2v) is 8.62. The van der Waals surface area contributed by atoms with Crippen LogP contribution in [0.5, 0.6) is 0 Å². The number of para-hydroxylation sites is 1. The number of fused-ring (bicyclic) bond motifs is 2. The first kappa shape index (κ1) is 21.0. The average molecular weight is 437 g/mol. The molecular weight excluding hydrogens is 413 g/mol. The third kappa shape index (κ3) is 4.43. The van der Waals surface area contributed by atoms with E-state index in [0.29, 0.717) is 36.6 Å². The van der Waals surface area contributed by atoms with Crippen molar-refractivity contribution >= 4 is 34.7 Å². The van der Waals surface area contributed by atoms with Crippen LogP contribution in [0.15, 0.2) is 46.2 Å². The molecule has 1 fully saturated rings. The highest BCUT2D eigenvalue weighted by Crippen LogP contribution is 2.49. The summed E-state index contributed by atoms with van der Waals surface area (Å²) in [4.78, 5) is 16.3. The average Bonchev–Trinajstić information content (AvgIpc) is 2.72. The molecule has 2 aromatic carbocycles. The summed E-state index contributed by atoms with van der Waals surface area (Å²) in [5.41, 5.74) is 6.29. The number of likely N-dealkylation sites (tertiary alicyclic amines) is 1. The standard InChI is InChI=1S/C21H23F3N4OS/c22-21(23,24)14-10-16(27-20(29)13-4-3-8-28(12-13)9-7-25)19-18(11-14)30-17-6-2-1-5-15(17)26-19/h1-2,5-6,10-11,13,26H,3-4,7-9,12,25H2,(H,27,29)/t13-/m0/s1. The fourth-order valence-electron chi connectivity index (χ4n) is 3.89. The van der Waals surface area contributed by atoms with Gasteiger partial charge in [0, 0.05) is 29.4 Å². The molecule has 0 radical (unpaired) electrons. The highest BCUT2D eigenvalue weighted by molar-refractivity contribution is 7.99. The van der Waals surface area contributed by atoms with Crippen LogP contribution in [0.25, 0.3) is 0 Å². The Balaban J connectivity index is 1.63. The van der Waals surface area contributed by atoms with Gasteiger partial charge in [0.15, 0.2) is 0 Å². The monoisotopic (exact) mass is 436 g/mol. The fourth-order valence-corrected chi connectivity index (χ4v) is 4.95. The first-order chi connectivity index (χ1) is 14.3. The van der Waals surface area contributed by atoms with E-state index < -0.39 is 11.7 Å². The topological polar surface area (TPSA) is 70.4 Å². The Bertz CT molecular complexity index is 948. The number of halogens is 3. The summed E-state index contributed by atoms with van der Waals surface area (Å²) in [6, 6.07) is 9.54. The van der Waals surface area contributed by atoms with Crippen molar-refractivity contribution in [2.24, 2.45) is 11.7 Å². The second kappa shape index (κ2) is 8.49. The molecule has 5 nitrogen and oxygen atoms in total. The first-order valence-electron chi connectivity index (χ1n) is 9.87. The third-order valence-electron chi connectivity index (χ3n) is 5.38. The van der Waals surface area contributed by atoms with Crippen molar-refractivity contribution in [1.82, 2.24) is 4.90 Å². The van der Waals surface area contributed by atoms with Crippen LogP contribution < -0.4 is 16.4 Å². The van der Waals surface area contributed by atoms with Crippen molar-refractivity contribution in [2.45, 2.75) is 28.8 Å². The number of alkyl halides is 3. The lowest BCUT2D eigenvalue weighted by Gasteiger charge is -2.32. The number of carbonyl (C=O) groups excluding carboxylic acids is 1. The SMILES string of the molecule is NCCN1CCC[C@H](C(=O)Nc2cc(C(F)(F)F)cc3c2Nc2ccccc2S3)C1. The number of rotatable bonds is 4. The molecule has 2 aliphatic rings. The minimum absolute atomic E-state index is 0.155. The minimum atomic E-state index is -4.51. The van der Waals surface area contributed by atoms with E-state index in [1.807, 2.05) is 24.3 Å². The molecule has 4 rings (SSSR count). The molecule has 2 aromatic rings. The molecule has 4 N–H and O–H groups in total. The van der Waals surface area contributed by atoms with Crippen molar-refractivity contribution in [1.29, 1.82) is 0 Å². The van der Waals surface area contributed by atoms with Gasteiger partial charge in [0.05, 0.1) is 28.5 Å². The largest absolute Gasteiger partial charge is 0.416 e. The van der Waals surface area contributed by atoms with Crippen molar-refractivity contribution in [2.75, 3.05) is 36.8 Å². The van der Waals surface area contributed by atoms with Gasteiger partial charge in [-0.1, -0.05) is 23.9 Å². The number of hydrogen-bond acceptors (Lipinski definition) is 5. The normalized spacial score (nSPS) is 18.9. The Hall–Kier alpha value is -2.23. The number of nitrogens with one attached hydrogen (secondary N) is 2. The van der Waals surface area contributed by atoms with Gasteiger partial charge in [-0.3, -0.25) is 4.79 Å². The van der Waals surface area contributed by atoms with Gasteiger partial charge >= 0.3 is 6.18 Å². The van der Waals surface area contributed by atoms with E-state index in [-0.39, 0.29) is 17.5 Å². The zero-order chi connectivity index (χ0) is 21.3. The quantitative estimate of drug-likeness (QED) is 0.561. The Morgan fingerprint density at radius 3 is 2.83 bits per heavy atom. The molecule has 30 heavy (non-hydrogen) atoms. The molecule has 2 heterocycles. The zero-order valence-electron chi connectivity index (χ0n) is 16.3. The smallest absolute Gasteiger partial charge is 0.352 e. The Labute approximate surface area is 177 Å². The van der Waals surface area contributed by atoms with Crippen LogP contribution in [-0.2, 0) is 11.0 Å². The van der Waals surface area contributed by atoms with Crippen LogP contribution in [0.2, 0.25) is 0 Å². The van der Waals surface area contributed by atoms with Gasteiger partial charge in [0.1, 0.15) is 0 Å². The number of nitrogens with two attached hydrogens (primary N) is 1. The van der Waals surface area contributed by atoms with Crippen molar-refractivity contribution in [3.8, 4) is 0 Å². The molecule has 160 valence electrons. The van der Waals surface area contributed by atoms with Gasteiger partial charge in [-0.05, 0) is 43.7 Å². The van der Waals surface area contributed by atoms with Crippen molar-refractivity contribution in [3.63, 3.8) is 0 Å². The van der Waals surface area contributed by atoms with Gasteiger partial charge < -0.3 is 21.3 Å². The number of nitrogens with zero attached hydrogens (tertiary/aromatic N) is 1. The molecule has 0 aromatic heterocycles. The van der Waals surface area contributed by atoms with Crippen molar-refractivity contribution in [3.05, 3.63) is 42.0 Å². The number of benzene rings is 2. The van der Waals surface area contributed by atoms with Crippen LogP contribution in [0.3, 0.4) is 0 Å². The zero-order valence-corrected chi connectivity index (χ0v) is 17.1. The van der Waals surface area contributed by atoms with Crippen LogP contribution in [0.4, 0.5) is 30.2 Å². The lowest BCUT2D eigenvalue weighted by Crippen LogP contribution is -2.42. The molecule has 1 atom stereocenters. The maximum Gasteiger partial charge on any atom is 0.416 e. The molecule has 1 saturated heterocycles. The summed E-state index contributed by atoms with van der Waals surface area (Å²) < 4.78 is 40.5. The predicted octanol–water partition coefficient (Wildman–Crippen LogP) is 4.52. The van der Waals surface area contributed by atoms with Crippen molar-refractivity contribution < 1.29 is 18.0 Å². The maximum atomic E-state index is 13.5. The second-order valence-electron chi connectivity index (χ2n) is 7.54. The third-order valence-corrected chi connectivity index (χ3v) is 6.49. The summed E-state index contributed by atoms with van der Waals surface area (Å²) in [6.07, 6.45) is -2.94. The number of carbonyl (C=O) groups is 1. The Morgan fingerprint density at radius 1 is 1.27 bits per heavy atom. The first-order valence-corrected chi connectivity index (χ1v) is 10.7. The van der Waals surface area contributed by atoms with Crippen LogP contribution in [0.1, 0.15) is 18.4 Å². The van der Waals surface area contributed by atoms with E-state index in [0.717, 1.165) is 35.7 Å². The molecule has 0 saturated carbocycles. The molecule has 9 heteroatoms. The Morgan fingerprint density at radius 2 is 2.07 bits per heavy atom. The predicted molar refractivity (Wildman–Crippen MR) is 112 cm³/mol. The van der Waals surface area contributed by atoms with Crippen LogP contribution in [0, 0.1) is 5.92 Å². The summed E-state index contributed by atoms with van der Waals surface area (Å²) in [5.74, 6) is -0.539. The highest BCUT2D eigenvalue weighted by atomic mass is 32.2. The van der Waals surface area contributed by atoms with Gasteiger partial charge in [-0.2, -0.15) is 13.2 Å². The van der Waals surface area contributed by atoms with E-state index in [2.05, 4.69) is 15.5 Å². The molecule has 2 aliphatic heterocycles. The summed E-state index contributed by atoms with van der Waals surface area (Å²) in [6.45, 7) is 2.66. The summed E-state index contributed by atoms with van der Waals surface area (Å²) >= 11 is 1.26. The molecular formula is C21H23F3N4OS. The van der Waals surface area contributed by atoms with E-state index >= 15 is 0 Å². The molecule has 1 amide bonds. The lowest BCUT2D eigenvalue weighted by molar-refractivity contribution is -0.137. The van der Waals surface area contributed by atoms with Gasteiger partial charge in [-0.25, -0.2) is 0 Å². The van der Waals surface area contributed by atoms with Gasteiger partial charge in [-0.15, -0.1) is 0 Å². The van der Waals surface area contributed by atoms with E-state index in [1.165, 1.54) is 11.8 Å². The Kier molecular flexibility index (Phi) is 5.95. The fraction of sp³-hybridized carbons (Fsp3) is 0.381. The number of hydrogen-bond donors (Lipinski definition) is 3. The lowest BCUT2D eigenvalue weighted by atomic mass is 9.97. The molecule has 0 spiro atoms. The van der Waals surface area contributed by atoms with E-state index in [9.17, 15) is 18.0 Å². The van der Waals surface area contributed by atoms with E-state index in [4.69, 9.17) is 5.73 Å². The molecule has 0 unspecified atom stereocenters.